The summed E-state index contributed by atoms with van der Waals surface area (Å²) < 4.78 is 28.9. The van der Waals surface area contributed by atoms with Gasteiger partial charge in [0, 0.05) is 5.56 Å². The molecule has 0 saturated heterocycles. The lowest BCUT2D eigenvalue weighted by Crippen LogP contribution is -2.11. The molecule has 6 heteroatoms. The SMILES string of the molecule is CCCCCCCCS(=O)(=O)O.O=C(c1ccccc1)C(O)c1ccccc1. The van der Waals surface area contributed by atoms with Gasteiger partial charge < -0.3 is 5.11 Å². The zero-order valence-corrected chi connectivity index (χ0v) is 17.1. The highest BCUT2D eigenvalue weighted by Crippen LogP contribution is 2.17. The van der Waals surface area contributed by atoms with Crippen LogP contribution in [0.1, 0.15) is 67.5 Å². The van der Waals surface area contributed by atoms with Crippen molar-refractivity contribution in [1.82, 2.24) is 0 Å². The Bertz CT molecular complexity index is 773. The highest BCUT2D eigenvalue weighted by atomic mass is 32.2. The fourth-order valence-corrected chi connectivity index (χ4v) is 3.18. The molecular weight excluding hydrogens is 376 g/mol. The second kappa shape index (κ2) is 13.2. The van der Waals surface area contributed by atoms with Crippen LogP contribution in [0.15, 0.2) is 60.7 Å². The van der Waals surface area contributed by atoms with Gasteiger partial charge in [0.2, 0.25) is 0 Å². The fourth-order valence-electron chi connectivity index (χ4n) is 2.61. The number of ketones is 1. The molecule has 5 nitrogen and oxygen atoms in total. The highest BCUT2D eigenvalue weighted by Gasteiger charge is 2.18. The molecule has 2 N–H and O–H groups in total. The zero-order valence-electron chi connectivity index (χ0n) is 16.3. The quantitative estimate of drug-likeness (QED) is 0.335. The first-order valence-corrected chi connectivity index (χ1v) is 11.2. The van der Waals surface area contributed by atoms with Crippen LogP contribution in [0, 0.1) is 0 Å². The van der Waals surface area contributed by atoms with E-state index in [2.05, 4.69) is 6.92 Å². The molecule has 2 aromatic carbocycles. The van der Waals surface area contributed by atoms with Gasteiger partial charge in [-0.15, -0.1) is 0 Å². The average Bonchev–Trinajstić information content (AvgIpc) is 2.70. The number of hydrogen-bond donors (Lipinski definition) is 2. The van der Waals surface area contributed by atoms with Gasteiger partial charge in [-0.25, -0.2) is 0 Å². The molecule has 0 aliphatic carbocycles. The van der Waals surface area contributed by atoms with E-state index in [4.69, 9.17) is 4.55 Å². The number of aliphatic hydroxyl groups is 1. The van der Waals surface area contributed by atoms with E-state index < -0.39 is 16.2 Å². The van der Waals surface area contributed by atoms with Crippen molar-refractivity contribution < 1.29 is 22.9 Å². The molecule has 28 heavy (non-hydrogen) atoms. The smallest absolute Gasteiger partial charge is 0.264 e. The summed E-state index contributed by atoms with van der Waals surface area (Å²) in [7, 11) is -3.72. The molecule has 0 saturated carbocycles. The molecule has 0 spiro atoms. The average molecular weight is 407 g/mol. The number of benzene rings is 2. The lowest BCUT2D eigenvalue weighted by atomic mass is 10.0. The number of hydrogen-bond acceptors (Lipinski definition) is 4. The molecule has 0 aromatic heterocycles. The summed E-state index contributed by atoms with van der Waals surface area (Å²) in [6.45, 7) is 2.14. The van der Waals surface area contributed by atoms with Gasteiger partial charge >= 0.3 is 0 Å². The maximum absolute atomic E-state index is 11.9. The molecule has 1 atom stereocenters. The summed E-state index contributed by atoms with van der Waals surface area (Å²) in [5, 5.41) is 9.89. The van der Waals surface area contributed by atoms with E-state index in [0.717, 1.165) is 12.8 Å². The van der Waals surface area contributed by atoms with Gasteiger partial charge in [-0.2, -0.15) is 8.42 Å². The lowest BCUT2D eigenvalue weighted by Gasteiger charge is -2.09. The van der Waals surface area contributed by atoms with E-state index >= 15 is 0 Å². The predicted molar refractivity (Wildman–Crippen MR) is 112 cm³/mol. The number of Topliss-reactive ketones (excluding diaryl/α,β-unsaturated/α-hetero) is 1. The minimum atomic E-state index is -3.72. The summed E-state index contributed by atoms with van der Waals surface area (Å²) >= 11 is 0. The monoisotopic (exact) mass is 406 g/mol. The summed E-state index contributed by atoms with van der Waals surface area (Å²) in [6.07, 6.45) is 5.06. The van der Waals surface area contributed by atoms with Crippen molar-refractivity contribution in [3.05, 3.63) is 71.8 Å². The maximum Gasteiger partial charge on any atom is 0.264 e. The Morgan fingerprint density at radius 2 is 1.36 bits per heavy atom. The first kappa shape index (κ1) is 24.0. The normalized spacial score (nSPS) is 12.0. The summed E-state index contributed by atoms with van der Waals surface area (Å²) in [5.41, 5.74) is 1.15. The lowest BCUT2D eigenvalue weighted by molar-refractivity contribution is 0.0747. The minimum Gasteiger partial charge on any atom is -0.380 e. The van der Waals surface area contributed by atoms with Gasteiger partial charge in [0.25, 0.3) is 10.1 Å². The Morgan fingerprint density at radius 1 is 0.857 bits per heavy atom. The molecule has 2 aromatic rings. The Morgan fingerprint density at radius 3 is 1.89 bits per heavy atom. The van der Waals surface area contributed by atoms with Crippen LogP contribution in [0.2, 0.25) is 0 Å². The van der Waals surface area contributed by atoms with Crippen molar-refractivity contribution in [3.63, 3.8) is 0 Å². The topological polar surface area (TPSA) is 91.7 Å². The van der Waals surface area contributed by atoms with Crippen molar-refractivity contribution in [2.24, 2.45) is 0 Å². The molecule has 0 fully saturated rings. The standard InChI is InChI=1S/C14H12O2.C8H18O3S/c15-13(11-7-3-1-4-8-11)14(16)12-9-5-2-6-10-12;1-2-3-4-5-6-7-8-12(9,10)11/h1-10,13,15H;2-8H2,1H3,(H,9,10,11). The van der Waals surface area contributed by atoms with Gasteiger partial charge in [-0.05, 0) is 12.0 Å². The Labute approximate surface area is 168 Å². The molecular formula is C22H30O5S. The molecule has 154 valence electrons. The number of carbonyl (C=O) groups excluding carboxylic acids is 1. The van der Waals surface area contributed by atoms with Crippen LogP contribution in [-0.4, -0.2) is 29.6 Å². The number of unbranched alkanes of at least 4 members (excludes halogenated alkanes) is 5. The van der Waals surface area contributed by atoms with Crippen molar-refractivity contribution in [2.45, 2.75) is 51.6 Å². The third-order valence-electron chi connectivity index (χ3n) is 4.18. The molecule has 0 radical (unpaired) electrons. The predicted octanol–water partition coefficient (Wildman–Crippen LogP) is 4.84. The van der Waals surface area contributed by atoms with Crippen LogP contribution in [-0.2, 0) is 10.1 Å². The van der Waals surface area contributed by atoms with Crippen LogP contribution in [0.4, 0.5) is 0 Å². The summed E-state index contributed by atoms with van der Waals surface area (Å²) in [6, 6.07) is 17.7. The van der Waals surface area contributed by atoms with Crippen LogP contribution >= 0.6 is 0 Å². The Balaban J connectivity index is 0.000000295. The van der Waals surface area contributed by atoms with Gasteiger partial charge in [0.15, 0.2) is 5.78 Å². The van der Waals surface area contributed by atoms with E-state index in [0.29, 0.717) is 17.5 Å². The molecule has 0 aliphatic rings. The van der Waals surface area contributed by atoms with Gasteiger partial charge in [0.1, 0.15) is 6.10 Å². The van der Waals surface area contributed by atoms with Crippen molar-refractivity contribution >= 4 is 15.9 Å². The second-order valence-corrected chi connectivity index (χ2v) is 8.17. The number of aliphatic hydroxyl groups excluding tert-OH is 1. The second-order valence-electron chi connectivity index (χ2n) is 6.60. The highest BCUT2D eigenvalue weighted by molar-refractivity contribution is 7.85. The van der Waals surface area contributed by atoms with Gasteiger partial charge in [-0.1, -0.05) is 99.7 Å². The van der Waals surface area contributed by atoms with E-state index in [9.17, 15) is 18.3 Å². The van der Waals surface area contributed by atoms with E-state index in [-0.39, 0.29) is 11.5 Å². The van der Waals surface area contributed by atoms with Crippen molar-refractivity contribution in [1.29, 1.82) is 0 Å². The molecule has 0 bridgehead atoms. The summed E-state index contributed by atoms with van der Waals surface area (Å²) in [5.74, 6) is -0.356. The fraction of sp³-hybridized carbons (Fsp3) is 0.409. The minimum absolute atomic E-state index is 0.0842. The van der Waals surface area contributed by atoms with Gasteiger partial charge in [0.05, 0.1) is 5.75 Å². The van der Waals surface area contributed by atoms with E-state index in [1.54, 1.807) is 48.5 Å². The third-order valence-corrected chi connectivity index (χ3v) is 4.98. The van der Waals surface area contributed by atoms with E-state index in [1.165, 1.54) is 19.3 Å². The van der Waals surface area contributed by atoms with E-state index in [1.807, 2.05) is 12.1 Å². The largest absolute Gasteiger partial charge is 0.380 e. The maximum atomic E-state index is 11.9. The molecule has 1 unspecified atom stereocenters. The Kier molecular flexibility index (Phi) is 11.3. The van der Waals surface area contributed by atoms with Gasteiger partial charge in [-0.3, -0.25) is 9.35 Å². The van der Waals surface area contributed by atoms with Crippen molar-refractivity contribution in [3.8, 4) is 0 Å². The van der Waals surface area contributed by atoms with Crippen LogP contribution in [0.5, 0.6) is 0 Å². The molecule has 2 rings (SSSR count). The first-order valence-electron chi connectivity index (χ1n) is 9.62. The number of carbonyl (C=O) groups is 1. The van der Waals surface area contributed by atoms with Crippen LogP contribution in [0.25, 0.3) is 0 Å². The first-order chi connectivity index (χ1) is 13.3. The van der Waals surface area contributed by atoms with Crippen molar-refractivity contribution in [2.75, 3.05) is 5.75 Å². The molecule has 0 aliphatic heterocycles. The zero-order chi connectivity index (χ0) is 20.8. The third kappa shape index (κ3) is 10.3. The number of rotatable bonds is 10. The Hall–Kier alpha value is -2.02. The van der Waals surface area contributed by atoms with Crippen LogP contribution < -0.4 is 0 Å². The molecule has 0 amide bonds. The van der Waals surface area contributed by atoms with Crippen LogP contribution in [0.3, 0.4) is 0 Å². The summed E-state index contributed by atoms with van der Waals surface area (Å²) in [4.78, 5) is 11.9. The molecule has 0 heterocycles.